The van der Waals surface area contributed by atoms with Gasteiger partial charge < -0.3 is 4.74 Å². The van der Waals surface area contributed by atoms with E-state index in [4.69, 9.17) is 0 Å². The summed E-state index contributed by atoms with van der Waals surface area (Å²) in [5.74, 6) is -4.20. The summed E-state index contributed by atoms with van der Waals surface area (Å²) >= 11 is 0.753. The van der Waals surface area contributed by atoms with Crippen LogP contribution in [0.1, 0.15) is 0 Å². The average Bonchev–Trinajstić information content (AvgIpc) is 2.44. The fourth-order valence-electron chi connectivity index (χ4n) is 0.912. The number of hydrogen-bond donors (Lipinski definition) is 0. The van der Waals surface area contributed by atoms with E-state index in [1.165, 1.54) is 0 Å². The number of Topliss-reactive ketones (excluding diaryl/α,β-unsaturated/α-hetero) is 2. The van der Waals surface area contributed by atoms with Crippen molar-refractivity contribution in [2.45, 2.75) is 0 Å². The molecular weight excluding hydrogens is 196 g/mol. The molecule has 0 aromatic carbocycles. The van der Waals surface area contributed by atoms with Gasteiger partial charge in [-0.05, 0) is 0 Å². The highest BCUT2D eigenvalue weighted by atomic mass is 32.2. The van der Waals surface area contributed by atoms with E-state index in [1.54, 1.807) is 0 Å². The van der Waals surface area contributed by atoms with Gasteiger partial charge in [-0.3, -0.25) is 14.4 Å². The second-order valence-electron chi connectivity index (χ2n) is 2.36. The summed E-state index contributed by atoms with van der Waals surface area (Å²) in [6.45, 7) is 0. The van der Waals surface area contributed by atoms with Gasteiger partial charge in [0.05, 0.1) is 12.9 Å². The standard InChI is InChI=1S/C7H6O5S/c1-12-6(10)5(9)4-3(8)2-13-7(4)11/h4H,2H2,1H3. The van der Waals surface area contributed by atoms with Gasteiger partial charge in [0.25, 0.3) is 5.78 Å². The van der Waals surface area contributed by atoms with Crippen LogP contribution in [0.3, 0.4) is 0 Å². The summed E-state index contributed by atoms with van der Waals surface area (Å²) in [6.07, 6.45) is 0. The average molecular weight is 202 g/mol. The molecule has 1 aliphatic rings. The summed E-state index contributed by atoms with van der Waals surface area (Å²) in [6, 6.07) is 0. The first-order chi connectivity index (χ1) is 6.07. The molecule has 1 atom stereocenters. The molecule has 0 bridgehead atoms. The van der Waals surface area contributed by atoms with Crippen LogP contribution in [0.2, 0.25) is 0 Å². The molecule has 13 heavy (non-hydrogen) atoms. The SMILES string of the molecule is COC(=O)C(=O)C1C(=O)CSC1=O. The molecule has 0 spiro atoms. The summed E-state index contributed by atoms with van der Waals surface area (Å²) in [5, 5.41) is -0.569. The van der Waals surface area contributed by atoms with E-state index in [1.807, 2.05) is 0 Å². The Bertz CT molecular complexity index is 279. The Morgan fingerprint density at radius 2 is 2.08 bits per heavy atom. The number of carbonyl (C=O) groups is 4. The van der Waals surface area contributed by atoms with Gasteiger partial charge in [-0.15, -0.1) is 0 Å². The lowest BCUT2D eigenvalue weighted by Crippen LogP contribution is -2.32. The second kappa shape index (κ2) is 3.69. The quantitative estimate of drug-likeness (QED) is 0.331. The van der Waals surface area contributed by atoms with E-state index >= 15 is 0 Å². The molecule has 0 aromatic rings. The number of methoxy groups -OCH3 is 1. The topological polar surface area (TPSA) is 77.5 Å². The molecule has 0 saturated carbocycles. The lowest BCUT2D eigenvalue weighted by molar-refractivity contribution is -0.155. The molecule has 1 rings (SSSR count). The number of rotatable bonds is 2. The monoisotopic (exact) mass is 202 g/mol. The highest BCUT2D eigenvalue weighted by Crippen LogP contribution is 2.23. The molecule has 0 N–H and O–H groups in total. The Kier molecular flexibility index (Phi) is 2.82. The van der Waals surface area contributed by atoms with Crippen LogP contribution in [0.5, 0.6) is 0 Å². The van der Waals surface area contributed by atoms with Crippen LogP contribution >= 0.6 is 11.8 Å². The largest absolute Gasteiger partial charge is 0.463 e. The molecule has 5 nitrogen and oxygen atoms in total. The Morgan fingerprint density at radius 1 is 1.46 bits per heavy atom. The van der Waals surface area contributed by atoms with E-state index < -0.39 is 28.6 Å². The van der Waals surface area contributed by atoms with Gasteiger partial charge in [0.2, 0.25) is 5.12 Å². The zero-order valence-corrected chi connectivity index (χ0v) is 7.55. The van der Waals surface area contributed by atoms with Crippen molar-refractivity contribution in [3.63, 3.8) is 0 Å². The number of esters is 1. The normalized spacial score (nSPS) is 21.8. The van der Waals surface area contributed by atoms with Gasteiger partial charge in [-0.25, -0.2) is 4.79 Å². The molecule has 1 heterocycles. The highest BCUT2D eigenvalue weighted by molar-refractivity contribution is 8.15. The molecule has 1 saturated heterocycles. The van der Waals surface area contributed by atoms with Crippen LogP contribution in [0.25, 0.3) is 0 Å². The minimum absolute atomic E-state index is 0.0355. The first-order valence-corrected chi connectivity index (χ1v) is 4.38. The first-order valence-electron chi connectivity index (χ1n) is 3.39. The lowest BCUT2D eigenvalue weighted by atomic mass is 10.0. The fourth-order valence-corrected chi connectivity index (χ4v) is 1.77. The van der Waals surface area contributed by atoms with Crippen molar-refractivity contribution in [1.29, 1.82) is 0 Å². The molecule has 0 aromatic heterocycles. The first kappa shape index (κ1) is 9.91. The maximum absolute atomic E-state index is 11.1. The van der Waals surface area contributed by atoms with Crippen molar-refractivity contribution in [1.82, 2.24) is 0 Å². The molecule has 1 unspecified atom stereocenters. The molecule has 0 amide bonds. The molecule has 6 heteroatoms. The summed E-state index contributed by atoms with van der Waals surface area (Å²) < 4.78 is 4.12. The zero-order valence-electron chi connectivity index (χ0n) is 6.73. The van der Waals surface area contributed by atoms with Crippen LogP contribution in [0, 0.1) is 5.92 Å². The van der Waals surface area contributed by atoms with Crippen molar-refractivity contribution >= 4 is 34.4 Å². The van der Waals surface area contributed by atoms with Crippen molar-refractivity contribution < 1.29 is 23.9 Å². The second-order valence-corrected chi connectivity index (χ2v) is 3.34. The van der Waals surface area contributed by atoms with Crippen LogP contribution in [-0.2, 0) is 23.9 Å². The number of hydrogen-bond acceptors (Lipinski definition) is 6. The van der Waals surface area contributed by atoms with Crippen LogP contribution in [0.15, 0.2) is 0 Å². The van der Waals surface area contributed by atoms with E-state index in [9.17, 15) is 19.2 Å². The Balaban J connectivity index is 2.82. The number of ether oxygens (including phenoxy) is 1. The molecule has 0 aliphatic carbocycles. The summed E-state index contributed by atoms with van der Waals surface area (Å²) in [5.41, 5.74) is 0. The minimum Gasteiger partial charge on any atom is -0.463 e. The lowest BCUT2D eigenvalue weighted by Gasteiger charge is -2.01. The van der Waals surface area contributed by atoms with Crippen molar-refractivity contribution in [2.75, 3.05) is 12.9 Å². The number of carbonyl (C=O) groups excluding carboxylic acids is 4. The molecule has 1 aliphatic heterocycles. The third-order valence-electron chi connectivity index (χ3n) is 1.56. The Morgan fingerprint density at radius 3 is 2.46 bits per heavy atom. The van der Waals surface area contributed by atoms with E-state index in [-0.39, 0.29) is 5.75 Å². The van der Waals surface area contributed by atoms with Crippen molar-refractivity contribution in [2.24, 2.45) is 5.92 Å². The van der Waals surface area contributed by atoms with Crippen LogP contribution < -0.4 is 0 Å². The molecule has 0 radical (unpaired) electrons. The van der Waals surface area contributed by atoms with E-state index in [0.29, 0.717) is 0 Å². The molecular formula is C7H6O5S. The maximum Gasteiger partial charge on any atom is 0.375 e. The third kappa shape index (κ3) is 1.77. The summed E-state index contributed by atoms with van der Waals surface area (Å²) in [4.78, 5) is 43.7. The number of thioether (sulfide) groups is 1. The fraction of sp³-hybridized carbons (Fsp3) is 0.429. The summed E-state index contributed by atoms with van der Waals surface area (Å²) in [7, 11) is 1.03. The molecule has 70 valence electrons. The van der Waals surface area contributed by atoms with E-state index in [2.05, 4.69) is 4.74 Å². The van der Waals surface area contributed by atoms with Crippen LogP contribution in [0.4, 0.5) is 0 Å². The van der Waals surface area contributed by atoms with Gasteiger partial charge in [0.1, 0.15) is 0 Å². The van der Waals surface area contributed by atoms with Gasteiger partial charge in [-0.1, -0.05) is 11.8 Å². The predicted molar refractivity (Wildman–Crippen MR) is 43.0 cm³/mol. The van der Waals surface area contributed by atoms with E-state index in [0.717, 1.165) is 18.9 Å². The van der Waals surface area contributed by atoms with Gasteiger partial charge in [-0.2, -0.15) is 0 Å². The van der Waals surface area contributed by atoms with Gasteiger partial charge in [0.15, 0.2) is 11.7 Å². The Hall–Kier alpha value is -1.17. The predicted octanol–water partition coefficient (Wildman–Crippen LogP) is -0.813. The minimum atomic E-state index is -1.43. The highest BCUT2D eigenvalue weighted by Gasteiger charge is 2.42. The van der Waals surface area contributed by atoms with Gasteiger partial charge >= 0.3 is 5.97 Å². The van der Waals surface area contributed by atoms with Gasteiger partial charge in [0, 0.05) is 0 Å². The number of ketones is 2. The van der Waals surface area contributed by atoms with Crippen LogP contribution in [-0.4, -0.2) is 35.5 Å². The maximum atomic E-state index is 11.1. The smallest absolute Gasteiger partial charge is 0.375 e. The van der Waals surface area contributed by atoms with Crippen molar-refractivity contribution in [3.8, 4) is 0 Å². The third-order valence-corrected chi connectivity index (χ3v) is 2.51. The molecule has 1 fully saturated rings. The zero-order chi connectivity index (χ0) is 10.0. The van der Waals surface area contributed by atoms with Crippen molar-refractivity contribution in [3.05, 3.63) is 0 Å². The Labute approximate surface area is 77.8 Å².